The van der Waals surface area contributed by atoms with Gasteiger partial charge in [-0.1, -0.05) is 23.4 Å². The number of nitrogens with one attached hydrogen (secondary N) is 2. The number of carbonyl (C=O) groups excluding carboxylic acids is 5. The van der Waals surface area contributed by atoms with E-state index in [9.17, 15) is 37.1 Å². The molecule has 7 rings (SSSR count). The number of fused-ring (bicyclic) bond motifs is 1. The van der Waals surface area contributed by atoms with Crippen LogP contribution in [0.5, 0.6) is 0 Å². The number of carbonyl (C=O) groups is 5. The van der Waals surface area contributed by atoms with Crippen LogP contribution in [0.15, 0.2) is 42.6 Å². The first-order valence-electron chi connectivity index (χ1n) is 15.6. The normalized spacial score (nSPS) is 20.2. The fourth-order valence-electron chi connectivity index (χ4n) is 6.52. The van der Waals surface area contributed by atoms with Gasteiger partial charge < -0.3 is 10.2 Å². The summed E-state index contributed by atoms with van der Waals surface area (Å²) in [6.45, 7) is 2.92. The molecule has 2 saturated heterocycles. The fraction of sp³-hybridized carbons (Fsp3) is 0.353. The molecule has 0 spiro atoms. The van der Waals surface area contributed by atoms with Crippen molar-refractivity contribution in [3.63, 3.8) is 0 Å². The number of hydrogen-bond acceptors (Lipinski definition) is 7. The van der Waals surface area contributed by atoms with Gasteiger partial charge in [-0.3, -0.25) is 38.9 Å². The molecular formula is C34H28ClF3N6O5. The van der Waals surface area contributed by atoms with Crippen LogP contribution in [-0.2, 0) is 26.1 Å². The Morgan fingerprint density at radius 3 is 2.45 bits per heavy atom. The smallest absolute Gasteiger partial charge is 0.369 e. The van der Waals surface area contributed by atoms with E-state index >= 15 is 0 Å². The van der Waals surface area contributed by atoms with Crippen molar-refractivity contribution in [1.82, 2.24) is 20.0 Å². The number of hydrogen-bond donors (Lipinski definition) is 2. The molecule has 1 aromatic heterocycles. The summed E-state index contributed by atoms with van der Waals surface area (Å²) in [6.07, 6.45) is -0.975. The molecule has 1 saturated carbocycles. The maximum Gasteiger partial charge on any atom is 0.416 e. The maximum atomic E-state index is 13.4. The summed E-state index contributed by atoms with van der Waals surface area (Å²) in [6, 6.07) is 6.71. The molecule has 1 atom stereocenters. The molecule has 3 fully saturated rings. The van der Waals surface area contributed by atoms with Gasteiger partial charge in [-0.2, -0.15) is 18.3 Å². The average molecular weight is 693 g/mol. The number of rotatable bonds is 5. The summed E-state index contributed by atoms with van der Waals surface area (Å²) in [5.74, 6) is 3.75. The van der Waals surface area contributed by atoms with Crippen LogP contribution in [0.1, 0.15) is 69.6 Å². The Balaban J connectivity index is 1.00. The molecule has 49 heavy (non-hydrogen) atoms. The highest BCUT2D eigenvalue weighted by atomic mass is 35.5. The van der Waals surface area contributed by atoms with Gasteiger partial charge in [0.1, 0.15) is 11.6 Å². The highest BCUT2D eigenvalue weighted by Crippen LogP contribution is 2.41. The Bertz CT molecular complexity index is 2020. The molecule has 252 valence electrons. The molecule has 4 aliphatic rings. The summed E-state index contributed by atoms with van der Waals surface area (Å²) >= 11 is 6.07. The fourth-order valence-corrected chi connectivity index (χ4v) is 6.75. The third kappa shape index (κ3) is 5.61. The van der Waals surface area contributed by atoms with Crippen molar-refractivity contribution in [3.05, 3.63) is 75.6 Å². The van der Waals surface area contributed by atoms with E-state index in [4.69, 9.17) is 11.6 Å². The van der Waals surface area contributed by atoms with Crippen LogP contribution in [0.4, 0.5) is 24.5 Å². The first-order valence-corrected chi connectivity index (χ1v) is 16.0. The number of aryl methyl sites for hydroxylation is 1. The van der Waals surface area contributed by atoms with Gasteiger partial charge in [0.05, 0.1) is 44.6 Å². The second-order valence-corrected chi connectivity index (χ2v) is 13.1. The predicted octanol–water partition coefficient (Wildman–Crippen LogP) is 4.27. The predicted molar refractivity (Wildman–Crippen MR) is 170 cm³/mol. The van der Waals surface area contributed by atoms with Crippen LogP contribution in [0.25, 0.3) is 0 Å². The minimum atomic E-state index is -4.56. The quantitative estimate of drug-likeness (QED) is 0.302. The van der Waals surface area contributed by atoms with Crippen LogP contribution in [0.2, 0.25) is 5.02 Å². The maximum absolute atomic E-state index is 13.4. The molecule has 15 heteroatoms. The van der Waals surface area contributed by atoms with Gasteiger partial charge in [0.2, 0.25) is 11.8 Å². The molecule has 5 amide bonds. The van der Waals surface area contributed by atoms with Gasteiger partial charge in [-0.05, 0) is 69.0 Å². The van der Waals surface area contributed by atoms with Gasteiger partial charge >= 0.3 is 6.18 Å². The summed E-state index contributed by atoms with van der Waals surface area (Å²) in [4.78, 5) is 66.4. The van der Waals surface area contributed by atoms with Gasteiger partial charge in [-0.25, -0.2) is 0 Å². The van der Waals surface area contributed by atoms with Crippen molar-refractivity contribution >= 4 is 52.5 Å². The first kappa shape index (κ1) is 32.4. The van der Waals surface area contributed by atoms with E-state index in [-0.39, 0.29) is 40.6 Å². The second-order valence-electron chi connectivity index (χ2n) is 12.7. The van der Waals surface area contributed by atoms with E-state index in [1.54, 1.807) is 36.0 Å². The lowest BCUT2D eigenvalue weighted by Gasteiger charge is -2.40. The monoisotopic (exact) mass is 692 g/mol. The Labute approximate surface area is 282 Å². The lowest BCUT2D eigenvalue weighted by molar-refractivity contribution is -0.138. The number of aromatic nitrogens is 2. The molecule has 2 aromatic carbocycles. The molecule has 0 radical (unpaired) electrons. The van der Waals surface area contributed by atoms with E-state index < -0.39 is 52.9 Å². The zero-order valence-electron chi connectivity index (χ0n) is 26.0. The van der Waals surface area contributed by atoms with Crippen LogP contribution in [0, 0.1) is 24.7 Å². The van der Waals surface area contributed by atoms with Crippen LogP contribution < -0.4 is 15.5 Å². The largest absolute Gasteiger partial charge is 0.416 e. The van der Waals surface area contributed by atoms with Crippen LogP contribution >= 0.6 is 11.6 Å². The lowest BCUT2D eigenvalue weighted by atomic mass is 9.76. The summed E-state index contributed by atoms with van der Waals surface area (Å²) in [5, 5.41) is 9.22. The van der Waals surface area contributed by atoms with Gasteiger partial charge in [-0.15, -0.1) is 0 Å². The Kier molecular flexibility index (Phi) is 7.78. The first-order chi connectivity index (χ1) is 23.2. The number of alkyl halides is 3. The van der Waals surface area contributed by atoms with Crippen molar-refractivity contribution in [2.24, 2.45) is 5.92 Å². The molecule has 3 aliphatic heterocycles. The Hall–Kier alpha value is -5.16. The molecule has 0 bridgehead atoms. The van der Waals surface area contributed by atoms with Gasteiger partial charge in [0.25, 0.3) is 17.7 Å². The topological polar surface area (TPSA) is 134 Å². The van der Waals surface area contributed by atoms with E-state index in [2.05, 4.69) is 27.6 Å². The third-order valence-electron chi connectivity index (χ3n) is 9.57. The van der Waals surface area contributed by atoms with E-state index in [0.29, 0.717) is 37.2 Å². The highest BCUT2D eigenvalue weighted by Gasteiger charge is 2.48. The van der Waals surface area contributed by atoms with Crippen molar-refractivity contribution in [1.29, 1.82) is 0 Å². The molecule has 1 unspecified atom stereocenters. The van der Waals surface area contributed by atoms with Gasteiger partial charge in [0, 0.05) is 31.4 Å². The summed E-state index contributed by atoms with van der Waals surface area (Å²) in [5.41, 5.74) is 0.560. The minimum absolute atomic E-state index is 0.00363. The summed E-state index contributed by atoms with van der Waals surface area (Å²) < 4.78 is 40.7. The number of imide groups is 2. The van der Waals surface area contributed by atoms with Crippen molar-refractivity contribution < 1.29 is 37.1 Å². The highest BCUT2D eigenvalue weighted by molar-refractivity contribution is 6.33. The number of piperidine rings is 1. The number of nitrogens with zero attached hydrogens (tertiary/aromatic N) is 4. The standard InChI is InChI=1S/C34H28ClF3N6O5/c1-18-20(17-43(41-18)33(11-2-12-33)32(49)39-26-8-5-21(13-25(26)35)34(36,37)38)4-3-19-15-42(16-19)22-6-7-23-24(14-22)31(48)44(30(23)47)27-9-10-28(45)40-29(27)46/h5-8,13-14,17,19,27H,2,9-12,15-16H2,1H3,(H,39,49)(H,40,45,46). The van der Waals surface area contributed by atoms with Crippen LogP contribution in [0.3, 0.4) is 0 Å². The number of benzene rings is 2. The lowest BCUT2D eigenvalue weighted by Crippen LogP contribution is -2.54. The Morgan fingerprint density at radius 1 is 1.06 bits per heavy atom. The molecular weight excluding hydrogens is 665 g/mol. The van der Waals surface area contributed by atoms with E-state index in [1.807, 2.05) is 4.90 Å². The Morgan fingerprint density at radius 2 is 1.80 bits per heavy atom. The van der Waals surface area contributed by atoms with Crippen LogP contribution in [-0.4, -0.2) is 63.3 Å². The molecule has 3 aromatic rings. The second kappa shape index (κ2) is 11.8. The molecule has 2 N–H and O–H groups in total. The SMILES string of the molecule is Cc1nn(C2(C(=O)Nc3ccc(C(F)(F)F)cc3Cl)CCC2)cc1C#CC1CN(c2ccc3c(c2)C(=O)N(C2CCC(=O)NC2=O)C3=O)C1. The van der Waals surface area contributed by atoms with Gasteiger partial charge in [0.15, 0.2) is 0 Å². The van der Waals surface area contributed by atoms with Crippen molar-refractivity contribution in [2.75, 3.05) is 23.3 Å². The number of halogens is 4. The van der Waals surface area contributed by atoms with E-state index in [1.165, 1.54) is 0 Å². The third-order valence-corrected chi connectivity index (χ3v) is 9.88. The average Bonchev–Trinajstić information content (AvgIpc) is 3.48. The van der Waals surface area contributed by atoms with Crippen molar-refractivity contribution in [3.8, 4) is 11.8 Å². The molecule has 1 aliphatic carbocycles. The van der Waals surface area contributed by atoms with E-state index in [0.717, 1.165) is 35.2 Å². The number of amides is 5. The molecule has 4 heterocycles. The van der Waals surface area contributed by atoms with Crippen molar-refractivity contribution in [2.45, 2.75) is 56.8 Å². The molecule has 11 nitrogen and oxygen atoms in total. The zero-order valence-corrected chi connectivity index (χ0v) is 26.7. The summed E-state index contributed by atoms with van der Waals surface area (Å²) in [7, 11) is 0. The number of anilines is 2. The zero-order chi connectivity index (χ0) is 34.8. The minimum Gasteiger partial charge on any atom is -0.369 e.